The zero-order valence-electron chi connectivity index (χ0n) is 92.1. The van der Waals surface area contributed by atoms with Crippen LogP contribution in [0.2, 0.25) is 0 Å². The van der Waals surface area contributed by atoms with Crippen molar-refractivity contribution in [3.05, 3.63) is 454 Å². The van der Waals surface area contributed by atoms with Crippen LogP contribution in [-0.4, -0.2) is 17.6 Å². The molecule has 744 valence electrons. The van der Waals surface area contributed by atoms with Gasteiger partial charge in [-0.1, -0.05) is 427 Å². The van der Waals surface area contributed by atoms with Gasteiger partial charge in [-0.15, -0.1) is 0 Å². The van der Waals surface area contributed by atoms with Crippen molar-refractivity contribution < 1.29 is 0 Å². The van der Waals surface area contributed by atoms with Gasteiger partial charge in [0.1, 0.15) is 0 Å². The van der Waals surface area contributed by atoms with Crippen LogP contribution in [0.25, 0.3) is 198 Å². The summed E-state index contributed by atoms with van der Waals surface area (Å²) in [5.74, 6) is 0. The number of hydrogen-bond acceptors (Lipinski definition) is 0. The van der Waals surface area contributed by atoms with Crippen molar-refractivity contribution in [3.8, 4) is 89.0 Å². The minimum atomic E-state index is 1.01. The van der Waals surface area contributed by atoms with E-state index in [-0.39, 0.29) is 0 Å². The number of para-hydroxylation sites is 4. The summed E-state index contributed by atoms with van der Waals surface area (Å²) >= 11 is 0. The van der Waals surface area contributed by atoms with Gasteiger partial charge in [0.25, 0.3) is 0 Å². The maximum absolute atomic E-state index is 2.48. The van der Waals surface area contributed by atoms with E-state index in [0.717, 1.165) is 51.4 Å². The standard InChI is InChI=1S/4C30H19N.12C2H6/c1-2-7-20-18(6-1)16-25-21(20)13-14-22-26(25)17-19-11-12-24-28-10-5-15-31(28)27-9-4-3-8-23(27)30(24)29(19)22;1-2-7-20-18(6-1)16-25-21(20)12-11-19-17-26-22(29(19)25)13-14-24-28-10-5-15-31(28)27-9-4-3-8-23(27)30(24)26;1-2-7-20-18(6-1)16-19-11-12-21-22-13-14-24-23-8-3-4-9-27(23)31-15-5-10-28(31)30(24)26(22)17-25(21)29(19)20;1-2-7-22-18(6-1)14-20-16-21-15-19-11-12-24-23-8-3-4-9-27(23)31-13-5-10-28(31)30(24)29(19)26(21)17-25(20)22;12*1-2/h3*1-15H,16-17H2;1-13,16-17H,14-15H2;12*1-2H3. The average Bonchev–Trinajstić information content (AvgIpc) is 1.56. The topological polar surface area (TPSA) is 17.6 Å². The van der Waals surface area contributed by atoms with Crippen molar-refractivity contribution in [3.63, 3.8) is 0 Å². The van der Waals surface area contributed by atoms with Gasteiger partial charge in [0.2, 0.25) is 0 Å². The number of nitrogens with zero attached hydrogens (tertiary/aromatic N) is 4. The summed E-state index contributed by atoms with van der Waals surface area (Å²) in [6.45, 7) is 48.0. The lowest BCUT2D eigenvalue weighted by Gasteiger charge is -2.14. The molecule has 8 aromatic heterocycles. The van der Waals surface area contributed by atoms with Crippen LogP contribution in [0.4, 0.5) is 0 Å². The predicted molar refractivity (Wildman–Crippen MR) is 652 cm³/mol. The van der Waals surface area contributed by atoms with Gasteiger partial charge < -0.3 is 17.6 Å². The molecule has 0 saturated carbocycles. The first-order valence-electron chi connectivity index (χ1n) is 56.2. The van der Waals surface area contributed by atoms with Gasteiger partial charge in [-0.2, -0.15) is 0 Å². The first kappa shape index (κ1) is 104. The molecule has 0 spiro atoms. The van der Waals surface area contributed by atoms with Crippen molar-refractivity contribution in [2.24, 2.45) is 0 Å². The fourth-order valence-electron chi connectivity index (χ4n) is 24.8. The van der Waals surface area contributed by atoms with Crippen molar-refractivity contribution in [2.45, 2.75) is 218 Å². The summed E-state index contributed by atoms with van der Waals surface area (Å²) in [4.78, 5) is 0. The molecular weight excluding hydrogens is 1790 g/mol. The normalized spacial score (nSPS) is 11.8. The predicted octanol–water partition coefficient (Wildman–Crippen LogP) is 41.9. The smallest absolute Gasteiger partial charge is 0.0541 e. The zero-order valence-corrected chi connectivity index (χ0v) is 92.1. The number of hydrogen-bond donors (Lipinski definition) is 0. The Labute approximate surface area is 880 Å². The minimum Gasteiger partial charge on any atom is -0.316 e. The molecule has 0 amide bonds. The lowest BCUT2D eigenvalue weighted by Crippen LogP contribution is -1.93. The van der Waals surface area contributed by atoms with Gasteiger partial charge in [0.15, 0.2) is 0 Å². The third-order valence-electron chi connectivity index (χ3n) is 29.9. The maximum atomic E-state index is 2.48. The Bertz CT molecular complexity index is 9010. The van der Waals surface area contributed by atoms with Crippen LogP contribution in [0.5, 0.6) is 0 Å². The minimum absolute atomic E-state index is 1.01. The Balaban J connectivity index is 0.000000126. The molecule has 0 aliphatic heterocycles. The highest BCUT2D eigenvalue weighted by Gasteiger charge is 2.36. The van der Waals surface area contributed by atoms with E-state index in [9.17, 15) is 0 Å². The lowest BCUT2D eigenvalue weighted by atomic mass is 9.93. The molecule has 4 heteroatoms. The molecule has 0 unspecified atom stereocenters. The average molecular weight is 1930 g/mol. The number of aromatic nitrogens is 4. The molecule has 0 fully saturated rings. The van der Waals surface area contributed by atoms with Crippen LogP contribution in [0.3, 0.4) is 0 Å². The largest absolute Gasteiger partial charge is 0.316 e. The van der Waals surface area contributed by atoms with E-state index in [0.29, 0.717) is 0 Å². The van der Waals surface area contributed by atoms with Crippen LogP contribution < -0.4 is 0 Å². The Morgan fingerprint density at radius 3 is 0.946 bits per heavy atom. The summed E-state index contributed by atoms with van der Waals surface area (Å²) in [6.07, 6.45) is 17.1. The molecule has 0 bridgehead atoms. The summed E-state index contributed by atoms with van der Waals surface area (Å²) in [5, 5.41) is 16.4. The highest BCUT2D eigenvalue weighted by atomic mass is 14.9. The van der Waals surface area contributed by atoms with Crippen LogP contribution in [0, 0.1) is 0 Å². The van der Waals surface area contributed by atoms with E-state index in [2.05, 4.69) is 382 Å². The number of rotatable bonds is 0. The highest BCUT2D eigenvalue weighted by Crippen LogP contribution is 2.56. The molecule has 148 heavy (non-hydrogen) atoms. The first-order chi connectivity index (χ1) is 73.5. The first-order valence-corrected chi connectivity index (χ1v) is 56.2. The fraction of sp³-hybridized carbons (Fsp3) is 0.222. The molecule has 8 heterocycles. The zero-order chi connectivity index (χ0) is 104. The number of fused-ring (bicyclic) bond motifs is 55. The summed E-state index contributed by atoms with van der Waals surface area (Å²) in [5.41, 5.74) is 57.1. The Morgan fingerprint density at radius 1 is 0.128 bits per heavy atom. The highest BCUT2D eigenvalue weighted by molar-refractivity contribution is 6.23. The van der Waals surface area contributed by atoms with Crippen molar-refractivity contribution >= 4 is 109 Å². The SMILES string of the molecule is CC.CC.CC.CC.CC.CC.CC.CC.CC.CC.CC.CC.c1ccc2c(c1)Cc1c-2ccc2c1-c1ccc3c(c1C2)c1ccccc1n1cccc31.c1ccc2c(c1)Cc1c-2ccc2c1Cc1ccc3c(c1-2)c1ccccc1n1cccc31.c1ccc2c(c1)Cc1cc3c(cc1-2)-c1c(ccc2c4ccccc4n4cccc4c12)C3.c1ccc2c(c1)Cc1ccc3c(c1-2)Cc1c-3ccc2c3ccccc3n3cccc3c12. The lowest BCUT2D eigenvalue weighted by molar-refractivity contribution is 1.16. The van der Waals surface area contributed by atoms with Crippen LogP contribution in [-0.2, 0) is 51.4 Å². The molecule has 8 aliphatic carbocycles. The van der Waals surface area contributed by atoms with Gasteiger partial charge in [-0.3, -0.25) is 0 Å². The van der Waals surface area contributed by atoms with E-state index >= 15 is 0 Å². The molecule has 0 saturated heterocycles. The number of pyridine rings is 4. The summed E-state index contributed by atoms with van der Waals surface area (Å²) in [6, 6.07) is 127. The van der Waals surface area contributed by atoms with Gasteiger partial charge in [-0.05, 0) is 324 Å². The molecule has 32 rings (SSSR count). The molecule has 4 nitrogen and oxygen atoms in total. The maximum Gasteiger partial charge on any atom is 0.0541 e. The monoisotopic (exact) mass is 1930 g/mol. The van der Waals surface area contributed by atoms with E-state index < -0.39 is 0 Å². The molecule has 24 aromatic rings. The molecular formula is C144H148N4. The van der Waals surface area contributed by atoms with E-state index in [4.69, 9.17) is 0 Å². The van der Waals surface area contributed by atoms with E-state index in [1.165, 1.54) is 287 Å². The van der Waals surface area contributed by atoms with Gasteiger partial charge in [0.05, 0.1) is 44.1 Å². The second-order valence-corrected chi connectivity index (χ2v) is 35.8. The van der Waals surface area contributed by atoms with E-state index in [1.54, 1.807) is 0 Å². The van der Waals surface area contributed by atoms with Crippen molar-refractivity contribution in [1.29, 1.82) is 0 Å². The fourth-order valence-corrected chi connectivity index (χ4v) is 24.8. The van der Waals surface area contributed by atoms with Crippen LogP contribution >= 0.6 is 0 Å². The quantitative estimate of drug-likeness (QED) is 0.135. The molecule has 0 radical (unpaired) electrons. The Kier molecular flexibility index (Phi) is 32.4. The summed E-state index contributed by atoms with van der Waals surface area (Å²) < 4.78 is 9.39. The number of benzene rings is 16. The van der Waals surface area contributed by atoms with Crippen molar-refractivity contribution in [2.75, 3.05) is 0 Å². The third kappa shape index (κ3) is 17.0. The van der Waals surface area contributed by atoms with Crippen LogP contribution in [0.1, 0.15) is 255 Å². The second-order valence-electron chi connectivity index (χ2n) is 35.8. The van der Waals surface area contributed by atoms with Gasteiger partial charge in [-0.25, -0.2) is 0 Å². The summed E-state index contributed by atoms with van der Waals surface area (Å²) in [7, 11) is 0. The molecule has 0 atom stereocenters. The third-order valence-corrected chi connectivity index (χ3v) is 29.9. The Hall–Kier alpha value is -15.4. The molecule has 8 aliphatic rings. The molecule has 16 aromatic carbocycles. The molecule has 0 N–H and O–H groups in total. The second kappa shape index (κ2) is 46.2. The van der Waals surface area contributed by atoms with Gasteiger partial charge in [0, 0.05) is 73.3 Å². The Morgan fingerprint density at radius 2 is 0.392 bits per heavy atom. The van der Waals surface area contributed by atoms with Gasteiger partial charge >= 0.3 is 0 Å². The van der Waals surface area contributed by atoms with E-state index in [1.807, 2.05) is 166 Å². The van der Waals surface area contributed by atoms with Crippen LogP contribution in [0.15, 0.2) is 365 Å². The van der Waals surface area contributed by atoms with Crippen molar-refractivity contribution in [1.82, 2.24) is 17.6 Å².